The van der Waals surface area contributed by atoms with Crippen molar-refractivity contribution in [3.63, 3.8) is 0 Å². The molecular weight excluding hydrogens is 488 g/mol. The summed E-state index contributed by atoms with van der Waals surface area (Å²) in [5.41, 5.74) is 10.3. The Morgan fingerprint density at radius 2 is 1.70 bits per heavy atom. The molecule has 3 aromatic heterocycles. The van der Waals surface area contributed by atoms with E-state index >= 15 is 0 Å². The lowest BCUT2D eigenvalue weighted by Crippen LogP contribution is -2.12. The van der Waals surface area contributed by atoms with E-state index < -0.39 is 0 Å². The molecule has 3 heterocycles. The number of nitrogens with zero attached hydrogens (tertiary/aromatic N) is 4. The highest BCUT2D eigenvalue weighted by Crippen LogP contribution is 2.29. The molecule has 8 nitrogen and oxygen atoms in total. The summed E-state index contributed by atoms with van der Waals surface area (Å²) in [4.78, 5) is 21.2. The van der Waals surface area contributed by atoms with E-state index in [1.165, 1.54) is 6.33 Å². The molecule has 0 aliphatic heterocycles. The summed E-state index contributed by atoms with van der Waals surface area (Å²) in [7, 11) is 0. The molecule has 0 fully saturated rings. The third-order valence-electron chi connectivity index (χ3n) is 5.94. The number of carbonyl (C=O) groups is 1. The van der Waals surface area contributed by atoms with Gasteiger partial charge in [0.2, 0.25) is 0 Å². The standard InChI is InChI=1S/C28H19ClN6O2/c29-21-8-6-18(7-9-21)25-14-23(34-37-25)28(36)33-22-3-1-2-19(12-22)20-5-4-17-10-11-35(24(17)13-20)27-15-26(30)31-16-32-27/h1-16H,(H,33,36)(H2,30,31,32). The van der Waals surface area contributed by atoms with Crippen molar-refractivity contribution in [3.05, 3.63) is 108 Å². The normalized spacial score (nSPS) is 11.1. The number of benzene rings is 3. The number of nitrogen functional groups attached to an aromatic ring is 1. The van der Waals surface area contributed by atoms with E-state index in [1.54, 1.807) is 36.4 Å². The Labute approximate surface area is 216 Å². The average molecular weight is 507 g/mol. The topological polar surface area (TPSA) is 112 Å². The average Bonchev–Trinajstić information content (AvgIpc) is 3.57. The number of hydrogen-bond acceptors (Lipinski definition) is 6. The van der Waals surface area contributed by atoms with Gasteiger partial charge in [0.1, 0.15) is 18.0 Å². The van der Waals surface area contributed by atoms with Crippen molar-refractivity contribution in [1.82, 2.24) is 19.7 Å². The van der Waals surface area contributed by atoms with Crippen LogP contribution in [0.1, 0.15) is 10.5 Å². The lowest BCUT2D eigenvalue weighted by atomic mass is 10.0. The van der Waals surface area contributed by atoms with Gasteiger partial charge in [0.05, 0.1) is 5.52 Å². The van der Waals surface area contributed by atoms with Crippen LogP contribution in [0.4, 0.5) is 11.5 Å². The second-order valence-electron chi connectivity index (χ2n) is 8.38. The fourth-order valence-corrected chi connectivity index (χ4v) is 4.23. The zero-order valence-corrected chi connectivity index (χ0v) is 20.1. The zero-order chi connectivity index (χ0) is 25.4. The molecule has 6 aromatic rings. The van der Waals surface area contributed by atoms with E-state index in [9.17, 15) is 4.79 Å². The first-order valence-corrected chi connectivity index (χ1v) is 11.7. The van der Waals surface area contributed by atoms with Gasteiger partial charge in [-0.1, -0.05) is 41.0 Å². The highest BCUT2D eigenvalue weighted by molar-refractivity contribution is 6.30. The third-order valence-corrected chi connectivity index (χ3v) is 6.19. The Morgan fingerprint density at radius 1 is 0.892 bits per heavy atom. The molecule has 0 atom stereocenters. The molecule has 180 valence electrons. The maximum atomic E-state index is 12.8. The molecule has 9 heteroatoms. The first-order valence-electron chi connectivity index (χ1n) is 11.4. The third kappa shape index (κ3) is 4.53. The van der Waals surface area contributed by atoms with E-state index in [-0.39, 0.29) is 11.6 Å². The van der Waals surface area contributed by atoms with Crippen LogP contribution in [0.25, 0.3) is 39.2 Å². The van der Waals surface area contributed by atoms with Crippen molar-refractivity contribution in [3.8, 4) is 28.3 Å². The molecule has 0 spiro atoms. The van der Waals surface area contributed by atoms with Crippen LogP contribution in [0.3, 0.4) is 0 Å². The minimum absolute atomic E-state index is 0.179. The van der Waals surface area contributed by atoms with E-state index in [2.05, 4.69) is 26.5 Å². The maximum absolute atomic E-state index is 12.8. The number of nitrogens with one attached hydrogen (secondary N) is 1. The SMILES string of the molecule is Nc1cc(-n2ccc3ccc(-c4cccc(NC(=O)c5cc(-c6ccc(Cl)cc6)on5)c4)cc32)ncn1. The van der Waals surface area contributed by atoms with E-state index in [0.717, 1.165) is 27.6 Å². The quantitative estimate of drug-likeness (QED) is 0.286. The van der Waals surface area contributed by atoms with Gasteiger partial charge in [0.25, 0.3) is 5.91 Å². The number of nitrogens with two attached hydrogens (primary N) is 1. The van der Waals surface area contributed by atoms with Gasteiger partial charge in [0, 0.05) is 40.0 Å². The summed E-state index contributed by atoms with van der Waals surface area (Å²) in [5, 5.41) is 8.50. The minimum Gasteiger partial charge on any atom is -0.384 e. The number of halogens is 1. The predicted molar refractivity (Wildman–Crippen MR) is 144 cm³/mol. The molecule has 0 saturated carbocycles. The Morgan fingerprint density at radius 3 is 2.54 bits per heavy atom. The highest BCUT2D eigenvalue weighted by Gasteiger charge is 2.15. The van der Waals surface area contributed by atoms with Crippen molar-refractivity contribution in [2.45, 2.75) is 0 Å². The number of carbonyl (C=O) groups excluding carboxylic acids is 1. The summed E-state index contributed by atoms with van der Waals surface area (Å²) in [5.74, 6) is 1.20. The van der Waals surface area contributed by atoms with Gasteiger partial charge in [-0.2, -0.15) is 0 Å². The molecule has 3 aromatic carbocycles. The van der Waals surface area contributed by atoms with Crippen LogP contribution in [0.5, 0.6) is 0 Å². The number of rotatable bonds is 5. The molecule has 1 amide bonds. The summed E-state index contributed by atoms with van der Waals surface area (Å²) in [6.07, 6.45) is 3.39. The molecule has 0 radical (unpaired) electrons. The molecule has 0 bridgehead atoms. The van der Waals surface area contributed by atoms with Crippen molar-refractivity contribution in [1.29, 1.82) is 0 Å². The lowest BCUT2D eigenvalue weighted by molar-refractivity contribution is 0.101. The van der Waals surface area contributed by atoms with Gasteiger partial charge >= 0.3 is 0 Å². The minimum atomic E-state index is -0.369. The second-order valence-corrected chi connectivity index (χ2v) is 8.82. The molecule has 0 saturated heterocycles. The Hall–Kier alpha value is -4.95. The van der Waals surface area contributed by atoms with Gasteiger partial charge < -0.3 is 20.1 Å². The summed E-state index contributed by atoms with van der Waals surface area (Å²) in [6.45, 7) is 0. The van der Waals surface area contributed by atoms with Crippen LogP contribution in [-0.2, 0) is 0 Å². The molecule has 3 N–H and O–H groups in total. The number of aromatic nitrogens is 4. The molecule has 37 heavy (non-hydrogen) atoms. The molecular formula is C28H19ClN6O2. The van der Waals surface area contributed by atoms with Crippen LogP contribution < -0.4 is 11.1 Å². The van der Waals surface area contributed by atoms with Gasteiger partial charge in [-0.15, -0.1) is 0 Å². The van der Waals surface area contributed by atoms with Gasteiger partial charge in [0.15, 0.2) is 11.5 Å². The molecule has 0 unspecified atom stereocenters. The van der Waals surface area contributed by atoms with Gasteiger partial charge in [-0.25, -0.2) is 9.97 Å². The first kappa shape index (κ1) is 22.5. The summed E-state index contributed by atoms with van der Waals surface area (Å²) in [6, 6.07) is 26.2. The van der Waals surface area contributed by atoms with E-state index in [1.807, 2.05) is 53.2 Å². The molecule has 0 aliphatic rings. The van der Waals surface area contributed by atoms with Crippen molar-refractivity contribution >= 4 is 39.9 Å². The Bertz CT molecular complexity index is 1760. The Kier molecular flexibility index (Phi) is 5.63. The number of anilines is 2. The Balaban J connectivity index is 1.26. The summed E-state index contributed by atoms with van der Waals surface area (Å²) >= 11 is 5.95. The van der Waals surface area contributed by atoms with Crippen LogP contribution in [0, 0.1) is 0 Å². The van der Waals surface area contributed by atoms with E-state index in [4.69, 9.17) is 21.9 Å². The highest BCUT2D eigenvalue weighted by atomic mass is 35.5. The monoisotopic (exact) mass is 506 g/mol. The number of amides is 1. The van der Waals surface area contributed by atoms with Crippen molar-refractivity contribution in [2.24, 2.45) is 0 Å². The molecule has 6 rings (SSSR count). The second kappa shape index (κ2) is 9.25. The van der Waals surface area contributed by atoms with Crippen LogP contribution >= 0.6 is 11.6 Å². The smallest absolute Gasteiger partial charge is 0.277 e. The van der Waals surface area contributed by atoms with Crippen LogP contribution in [-0.4, -0.2) is 25.6 Å². The lowest BCUT2D eigenvalue weighted by Gasteiger charge is -2.09. The van der Waals surface area contributed by atoms with E-state index in [0.29, 0.717) is 28.1 Å². The maximum Gasteiger partial charge on any atom is 0.277 e. The van der Waals surface area contributed by atoms with Gasteiger partial charge in [-0.05, 0) is 59.7 Å². The first-order chi connectivity index (χ1) is 18.0. The van der Waals surface area contributed by atoms with Crippen molar-refractivity contribution in [2.75, 3.05) is 11.1 Å². The predicted octanol–water partition coefficient (Wildman–Crippen LogP) is 6.23. The zero-order valence-electron chi connectivity index (χ0n) is 19.3. The van der Waals surface area contributed by atoms with Crippen LogP contribution in [0.2, 0.25) is 5.02 Å². The number of hydrogen-bond donors (Lipinski definition) is 2. The fourth-order valence-electron chi connectivity index (χ4n) is 4.11. The fraction of sp³-hybridized carbons (Fsp3) is 0. The van der Waals surface area contributed by atoms with Gasteiger partial charge in [-0.3, -0.25) is 4.79 Å². The number of fused-ring (bicyclic) bond motifs is 1. The van der Waals surface area contributed by atoms with Crippen molar-refractivity contribution < 1.29 is 9.32 Å². The largest absolute Gasteiger partial charge is 0.384 e. The molecule has 0 aliphatic carbocycles. The van der Waals surface area contributed by atoms with Crippen LogP contribution in [0.15, 0.2) is 102 Å². The summed E-state index contributed by atoms with van der Waals surface area (Å²) < 4.78 is 7.32.